The number of rotatable bonds is 1. The molecule has 0 aromatic carbocycles. The number of pyridine rings is 1. The number of aromatic nitrogens is 2. The Bertz CT molecular complexity index is 596. The Morgan fingerprint density at radius 1 is 1.27 bits per heavy atom. The minimum absolute atomic E-state index is 0.511. The van der Waals surface area contributed by atoms with Crippen molar-refractivity contribution in [1.29, 1.82) is 0 Å². The molecule has 74 valence electrons. The summed E-state index contributed by atoms with van der Waals surface area (Å²) in [6, 6.07) is 7.43. The number of furan rings is 1. The molecule has 0 aliphatic rings. The van der Waals surface area contributed by atoms with Gasteiger partial charge in [-0.05, 0) is 24.3 Å². The number of fused-ring (bicyclic) bond motifs is 1. The fourth-order valence-electron chi connectivity index (χ4n) is 1.52. The second kappa shape index (κ2) is 2.95. The summed E-state index contributed by atoms with van der Waals surface area (Å²) in [5.41, 5.74) is 1.57. The van der Waals surface area contributed by atoms with Gasteiger partial charge in [0.15, 0.2) is 0 Å². The van der Waals surface area contributed by atoms with Crippen molar-refractivity contribution in [2.45, 2.75) is 0 Å². The molecule has 3 aromatic rings. The Morgan fingerprint density at radius 3 is 2.93 bits per heavy atom. The van der Waals surface area contributed by atoms with Crippen molar-refractivity contribution < 1.29 is 13.4 Å². The molecule has 0 amide bonds. The number of aryl methyl sites for hydroxylation is 1. The van der Waals surface area contributed by atoms with Crippen LogP contribution in [0.15, 0.2) is 45.6 Å². The summed E-state index contributed by atoms with van der Waals surface area (Å²) >= 11 is 0. The van der Waals surface area contributed by atoms with Crippen molar-refractivity contribution in [3.63, 3.8) is 0 Å². The van der Waals surface area contributed by atoms with Crippen LogP contribution >= 0.6 is 0 Å². The minimum Gasteiger partial charge on any atom is -0.457 e. The summed E-state index contributed by atoms with van der Waals surface area (Å²) in [6.45, 7) is 0. The molecule has 15 heavy (non-hydrogen) atoms. The van der Waals surface area contributed by atoms with Crippen LogP contribution in [0.4, 0.5) is 0 Å². The zero-order valence-corrected chi connectivity index (χ0v) is 8.18. The van der Waals surface area contributed by atoms with Gasteiger partial charge >= 0.3 is 11.5 Å². The van der Waals surface area contributed by atoms with Crippen LogP contribution in [0.1, 0.15) is 0 Å². The number of hydrogen-bond acceptors (Lipinski definition) is 3. The molecule has 4 heteroatoms. The maximum atomic E-state index is 5.57. The summed E-state index contributed by atoms with van der Waals surface area (Å²) in [6.07, 6.45) is 3.53. The zero-order valence-electron chi connectivity index (χ0n) is 8.18. The lowest BCUT2D eigenvalue weighted by Gasteiger charge is -1.85. The van der Waals surface area contributed by atoms with Crippen LogP contribution in [-0.4, -0.2) is 4.98 Å². The molecule has 0 spiro atoms. The maximum absolute atomic E-state index is 5.57. The molecule has 0 fully saturated rings. The molecule has 3 heterocycles. The predicted octanol–water partition coefficient (Wildman–Crippen LogP) is 1.91. The first-order chi connectivity index (χ1) is 7.34. The molecular weight excluding hydrogens is 192 g/mol. The lowest BCUT2D eigenvalue weighted by Crippen LogP contribution is -2.27. The fourth-order valence-corrected chi connectivity index (χ4v) is 1.52. The molecule has 4 nitrogen and oxygen atoms in total. The lowest BCUT2D eigenvalue weighted by atomic mass is 10.4. The molecule has 0 radical (unpaired) electrons. The van der Waals surface area contributed by atoms with Gasteiger partial charge in [-0.3, -0.25) is 0 Å². The van der Waals surface area contributed by atoms with Gasteiger partial charge in [-0.1, -0.05) is 0 Å². The quantitative estimate of drug-likeness (QED) is 0.565. The molecule has 0 unspecified atom stereocenters. The highest BCUT2D eigenvalue weighted by atomic mass is 16.4. The second-order valence-electron chi connectivity index (χ2n) is 3.30. The van der Waals surface area contributed by atoms with Gasteiger partial charge in [0.1, 0.15) is 0 Å². The van der Waals surface area contributed by atoms with Gasteiger partial charge in [0, 0.05) is 4.98 Å². The molecule has 0 atom stereocenters. The van der Waals surface area contributed by atoms with E-state index in [2.05, 4.69) is 4.98 Å². The average molecular weight is 201 g/mol. The van der Waals surface area contributed by atoms with Crippen LogP contribution in [-0.2, 0) is 7.05 Å². The third kappa shape index (κ3) is 1.22. The van der Waals surface area contributed by atoms with E-state index in [0.29, 0.717) is 11.7 Å². The van der Waals surface area contributed by atoms with Crippen molar-refractivity contribution in [3.8, 4) is 11.7 Å². The van der Waals surface area contributed by atoms with E-state index in [1.807, 2.05) is 42.1 Å². The van der Waals surface area contributed by atoms with Gasteiger partial charge in [-0.15, -0.1) is 0 Å². The largest absolute Gasteiger partial charge is 0.457 e. The summed E-state index contributed by atoms with van der Waals surface area (Å²) in [7, 11) is 1.93. The van der Waals surface area contributed by atoms with Crippen LogP contribution in [0.5, 0.6) is 0 Å². The second-order valence-corrected chi connectivity index (χ2v) is 3.30. The predicted molar refractivity (Wildman–Crippen MR) is 52.9 cm³/mol. The molecule has 3 rings (SSSR count). The van der Waals surface area contributed by atoms with E-state index in [1.165, 1.54) is 0 Å². The van der Waals surface area contributed by atoms with Crippen LogP contribution in [0.3, 0.4) is 0 Å². The van der Waals surface area contributed by atoms with E-state index in [1.54, 1.807) is 6.26 Å². The van der Waals surface area contributed by atoms with Gasteiger partial charge in [0.2, 0.25) is 11.3 Å². The monoisotopic (exact) mass is 201 g/mol. The molecule has 0 aliphatic heterocycles. The number of oxazole rings is 1. The number of hydrogen-bond donors (Lipinski definition) is 0. The Hall–Kier alpha value is -2.10. The van der Waals surface area contributed by atoms with Crippen LogP contribution in [0.25, 0.3) is 22.9 Å². The first kappa shape index (κ1) is 8.23. The van der Waals surface area contributed by atoms with E-state index in [-0.39, 0.29) is 0 Å². The van der Waals surface area contributed by atoms with E-state index >= 15 is 0 Å². The first-order valence-corrected chi connectivity index (χ1v) is 4.63. The lowest BCUT2D eigenvalue weighted by molar-refractivity contribution is -0.646. The minimum atomic E-state index is 0.511. The van der Waals surface area contributed by atoms with E-state index < -0.39 is 0 Å². The molecule has 0 saturated heterocycles. The summed E-state index contributed by atoms with van der Waals surface area (Å²) in [5.74, 6) is 1.16. The molecule has 0 N–H and O–H groups in total. The Kier molecular flexibility index (Phi) is 1.62. The van der Waals surface area contributed by atoms with Crippen LogP contribution in [0.2, 0.25) is 0 Å². The third-order valence-electron chi connectivity index (χ3n) is 2.26. The highest BCUT2D eigenvalue weighted by Gasteiger charge is 2.19. The van der Waals surface area contributed by atoms with E-state index in [4.69, 9.17) is 8.83 Å². The van der Waals surface area contributed by atoms with Crippen LogP contribution in [0, 0.1) is 0 Å². The van der Waals surface area contributed by atoms with E-state index in [0.717, 1.165) is 11.2 Å². The average Bonchev–Trinajstić information content (AvgIpc) is 2.86. The van der Waals surface area contributed by atoms with Crippen molar-refractivity contribution in [1.82, 2.24) is 4.98 Å². The maximum Gasteiger partial charge on any atom is 0.377 e. The first-order valence-electron chi connectivity index (χ1n) is 4.63. The van der Waals surface area contributed by atoms with Crippen molar-refractivity contribution in [2.75, 3.05) is 0 Å². The van der Waals surface area contributed by atoms with Gasteiger partial charge in [0.05, 0.1) is 19.5 Å². The standard InChI is InChI=1S/C11H9N2O2/c1-13-6-2-4-8-10(13)12-11(15-8)9-5-3-7-14-9/h2-7H,1H3/q+1. The van der Waals surface area contributed by atoms with Crippen molar-refractivity contribution >= 4 is 11.2 Å². The zero-order chi connectivity index (χ0) is 10.3. The SMILES string of the molecule is C[n+]1cccc2oc(-c3ccco3)nc21. The third-order valence-corrected chi connectivity index (χ3v) is 2.26. The Balaban J connectivity index is 2.27. The van der Waals surface area contributed by atoms with Crippen molar-refractivity contribution in [2.24, 2.45) is 7.05 Å². The summed E-state index contributed by atoms with van der Waals surface area (Å²) < 4.78 is 12.7. The molecule has 0 bridgehead atoms. The van der Waals surface area contributed by atoms with E-state index in [9.17, 15) is 0 Å². The summed E-state index contributed by atoms with van der Waals surface area (Å²) in [4.78, 5) is 4.36. The van der Waals surface area contributed by atoms with Crippen LogP contribution < -0.4 is 4.57 Å². The summed E-state index contributed by atoms with van der Waals surface area (Å²) in [5, 5.41) is 0. The molecule has 3 aromatic heterocycles. The Morgan fingerprint density at radius 2 is 2.20 bits per heavy atom. The van der Waals surface area contributed by atoms with Gasteiger partial charge < -0.3 is 8.83 Å². The Labute approximate surface area is 85.8 Å². The van der Waals surface area contributed by atoms with Crippen molar-refractivity contribution in [3.05, 3.63) is 36.7 Å². The highest BCUT2D eigenvalue weighted by Crippen LogP contribution is 2.22. The normalized spacial score (nSPS) is 11.0. The molecular formula is C11H9N2O2+. The smallest absolute Gasteiger partial charge is 0.377 e. The topological polar surface area (TPSA) is 43.0 Å². The highest BCUT2D eigenvalue weighted by molar-refractivity contribution is 5.67. The molecule has 0 saturated carbocycles. The van der Waals surface area contributed by atoms with Gasteiger partial charge in [-0.2, -0.15) is 0 Å². The van der Waals surface area contributed by atoms with Gasteiger partial charge in [0.25, 0.3) is 0 Å². The molecule has 0 aliphatic carbocycles. The number of nitrogens with zero attached hydrogens (tertiary/aromatic N) is 2. The van der Waals surface area contributed by atoms with Gasteiger partial charge in [-0.25, -0.2) is 4.57 Å². The fraction of sp³-hybridized carbons (Fsp3) is 0.0909.